The van der Waals surface area contributed by atoms with E-state index in [0.717, 1.165) is 12.8 Å². The summed E-state index contributed by atoms with van der Waals surface area (Å²) in [6, 6.07) is 10.1. The van der Waals surface area contributed by atoms with Gasteiger partial charge in [-0.3, -0.25) is 14.9 Å². The van der Waals surface area contributed by atoms with Crippen molar-refractivity contribution in [3.63, 3.8) is 0 Å². The van der Waals surface area contributed by atoms with E-state index in [1.54, 1.807) is 29.2 Å². The maximum atomic E-state index is 13.3. The Morgan fingerprint density at radius 3 is 2.76 bits per heavy atom. The van der Waals surface area contributed by atoms with Crippen LogP contribution in [0.15, 0.2) is 36.4 Å². The molecule has 1 amide bonds. The van der Waals surface area contributed by atoms with Gasteiger partial charge in [0.25, 0.3) is 11.6 Å². The van der Waals surface area contributed by atoms with Crippen LogP contribution in [0, 0.1) is 10.1 Å². The maximum Gasteiger partial charge on any atom is 0.280 e. The molecule has 3 heterocycles. The van der Waals surface area contributed by atoms with E-state index in [-0.39, 0.29) is 24.5 Å². The van der Waals surface area contributed by atoms with Crippen molar-refractivity contribution in [1.82, 2.24) is 4.90 Å². The zero-order valence-electron chi connectivity index (χ0n) is 15.5. The molecular weight excluding hydrogens is 378 g/mol. The van der Waals surface area contributed by atoms with Gasteiger partial charge in [0, 0.05) is 18.8 Å². The zero-order valence-corrected chi connectivity index (χ0v) is 15.5. The molecule has 2 aromatic carbocycles. The number of carbonyl (C=O) groups excluding carboxylic acids is 1. The molecule has 9 nitrogen and oxygen atoms in total. The van der Waals surface area contributed by atoms with Gasteiger partial charge in [0.2, 0.25) is 6.79 Å². The molecule has 5 rings (SSSR count). The summed E-state index contributed by atoms with van der Waals surface area (Å²) in [4.78, 5) is 26.3. The highest BCUT2D eigenvalue weighted by Crippen LogP contribution is 2.43. The lowest BCUT2D eigenvalue weighted by atomic mass is 10.0. The van der Waals surface area contributed by atoms with Gasteiger partial charge < -0.3 is 24.4 Å². The van der Waals surface area contributed by atoms with Crippen molar-refractivity contribution in [2.75, 3.05) is 25.3 Å². The number of nitro groups is 1. The molecule has 0 radical (unpaired) electrons. The monoisotopic (exact) mass is 397 g/mol. The Balaban J connectivity index is 1.61. The summed E-state index contributed by atoms with van der Waals surface area (Å²) in [5.41, 5.74) is 1.39. The van der Waals surface area contributed by atoms with E-state index in [1.807, 2.05) is 6.07 Å². The largest absolute Gasteiger partial charge is 0.454 e. The first kappa shape index (κ1) is 17.7. The normalized spacial score (nSPS) is 22.3. The van der Waals surface area contributed by atoms with Gasteiger partial charge in [-0.2, -0.15) is 0 Å². The summed E-state index contributed by atoms with van der Waals surface area (Å²) in [6.45, 7) is 1.01. The second-order valence-corrected chi connectivity index (χ2v) is 7.21. The molecule has 3 aliphatic rings. The van der Waals surface area contributed by atoms with E-state index in [4.69, 9.17) is 14.2 Å². The van der Waals surface area contributed by atoms with Gasteiger partial charge >= 0.3 is 0 Å². The summed E-state index contributed by atoms with van der Waals surface area (Å²) in [5, 5.41) is 15.1. The molecule has 0 saturated carbocycles. The molecule has 29 heavy (non-hydrogen) atoms. The quantitative estimate of drug-likeness (QED) is 0.625. The first-order valence-corrected chi connectivity index (χ1v) is 9.48. The van der Waals surface area contributed by atoms with E-state index in [0.29, 0.717) is 41.5 Å². The average molecular weight is 397 g/mol. The topological polar surface area (TPSA) is 103 Å². The van der Waals surface area contributed by atoms with Gasteiger partial charge in [-0.25, -0.2) is 0 Å². The molecule has 150 valence electrons. The minimum absolute atomic E-state index is 0.00935. The number of hydrogen-bond acceptors (Lipinski definition) is 7. The van der Waals surface area contributed by atoms with Crippen molar-refractivity contribution in [2.45, 2.75) is 25.1 Å². The second-order valence-electron chi connectivity index (χ2n) is 7.21. The Bertz CT molecular complexity index is 988. The number of rotatable bonds is 4. The number of nitro benzene ring substituents is 1. The lowest BCUT2D eigenvalue weighted by molar-refractivity contribution is -0.385. The van der Waals surface area contributed by atoms with E-state index < -0.39 is 11.1 Å². The Hall–Kier alpha value is -3.33. The van der Waals surface area contributed by atoms with Crippen molar-refractivity contribution >= 4 is 17.3 Å². The SMILES string of the molecule is O=C1c2ccccc2N[C@H](c2cc3c(cc2[N+](=O)[O-])OCO3)N1C[C@@H]1CCCO1. The number of ether oxygens (including phenoxy) is 3. The third kappa shape index (κ3) is 3.03. The molecule has 0 spiro atoms. The Kier molecular flexibility index (Phi) is 4.24. The van der Waals surface area contributed by atoms with Crippen molar-refractivity contribution in [3.05, 3.63) is 57.6 Å². The molecule has 1 fully saturated rings. The first-order chi connectivity index (χ1) is 14.1. The third-order valence-corrected chi connectivity index (χ3v) is 5.46. The third-order valence-electron chi connectivity index (χ3n) is 5.46. The second kappa shape index (κ2) is 6.93. The number of amides is 1. The lowest BCUT2D eigenvalue weighted by Crippen LogP contribution is -2.46. The summed E-state index contributed by atoms with van der Waals surface area (Å²) in [6.07, 6.45) is 0.963. The zero-order chi connectivity index (χ0) is 20.0. The van der Waals surface area contributed by atoms with Crippen LogP contribution >= 0.6 is 0 Å². The van der Waals surface area contributed by atoms with Crippen molar-refractivity contribution in [2.24, 2.45) is 0 Å². The number of carbonyl (C=O) groups is 1. The highest BCUT2D eigenvalue weighted by Gasteiger charge is 2.39. The van der Waals surface area contributed by atoms with E-state index in [9.17, 15) is 14.9 Å². The molecule has 9 heteroatoms. The number of para-hydroxylation sites is 1. The van der Waals surface area contributed by atoms with Crippen LogP contribution in [-0.2, 0) is 4.74 Å². The Morgan fingerprint density at radius 1 is 1.21 bits per heavy atom. The van der Waals surface area contributed by atoms with Crippen LogP contribution in [0.4, 0.5) is 11.4 Å². The van der Waals surface area contributed by atoms with Crippen molar-refractivity contribution in [1.29, 1.82) is 0 Å². The maximum absolute atomic E-state index is 13.3. The van der Waals surface area contributed by atoms with Crippen LogP contribution in [0.3, 0.4) is 0 Å². The smallest absolute Gasteiger partial charge is 0.280 e. The fourth-order valence-corrected chi connectivity index (χ4v) is 4.06. The molecule has 0 aliphatic carbocycles. The molecule has 1 N–H and O–H groups in total. The van der Waals surface area contributed by atoms with Gasteiger partial charge in [0.05, 0.1) is 28.2 Å². The van der Waals surface area contributed by atoms with Gasteiger partial charge in [-0.05, 0) is 31.0 Å². The van der Waals surface area contributed by atoms with Crippen molar-refractivity contribution < 1.29 is 23.9 Å². The predicted molar refractivity (Wildman–Crippen MR) is 102 cm³/mol. The van der Waals surface area contributed by atoms with Gasteiger partial charge in [0.15, 0.2) is 11.5 Å². The molecule has 1 saturated heterocycles. The van der Waals surface area contributed by atoms with E-state index in [2.05, 4.69) is 5.32 Å². The van der Waals surface area contributed by atoms with E-state index >= 15 is 0 Å². The fourth-order valence-electron chi connectivity index (χ4n) is 4.06. The average Bonchev–Trinajstić information content (AvgIpc) is 3.40. The van der Waals surface area contributed by atoms with Crippen molar-refractivity contribution in [3.8, 4) is 11.5 Å². The van der Waals surface area contributed by atoms with Crippen LogP contribution in [0.5, 0.6) is 11.5 Å². The molecule has 2 aromatic rings. The number of anilines is 1. The summed E-state index contributed by atoms with van der Waals surface area (Å²) in [5.74, 6) is 0.566. The molecule has 3 aliphatic heterocycles. The van der Waals surface area contributed by atoms with E-state index in [1.165, 1.54) is 6.07 Å². The fraction of sp³-hybridized carbons (Fsp3) is 0.350. The molecule has 0 aromatic heterocycles. The molecule has 0 unspecified atom stereocenters. The number of hydrogen-bond donors (Lipinski definition) is 1. The predicted octanol–water partition coefficient (Wildman–Crippen LogP) is 3.07. The minimum atomic E-state index is -0.725. The standard InChI is InChI=1S/C20H19N3O6/c24-20-13-5-1-2-6-15(13)21-19(22(20)10-12-4-3-7-27-12)14-8-17-18(29-11-28-17)9-16(14)23(25)26/h1-2,5-6,8-9,12,19,21H,3-4,7,10-11H2/t12-,19-/m0/s1. The number of fused-ring (bicyclic) bond motifs is 2. The number of nitrogens with zero attached hydrogens (tertiary/aromatic N) is 2. The van der Waals surface area contributed by atoms with Gasteiger partial charge in [0.1, 0.15) is 6.17 Å². The Labute approximate surface area is 166 Å². The Morgan fingerprint density at radius 2 is 2.00 bits per heavy atom. The molecule has 2 atom stereocenters. The van der Waals surface area contributed by atoms with Crippen LogP contribution in [0.25, 0.3) is 0 Å². The molecular formula is C20H19N3O6. The molecule has 0 bridgehead atoms. The summed E-state index contributed by atoms with van der Waals surface area (Å²) in [7, 11) is 0. The lowest BCUT2D eigenvalue weighted by Gasteiger charge is -2.39. The minimum Gasteiger partial charge on any atom is -0.454 e. The van der Waals surface area contributed by atoms with Crippen LogP contribution in [0.2, 0.25) is 0 Å². The summed E-state index contributed by atoms with van der Waals surface area (Å²) >= 11 is 0. The first-order valence-electron chi connectivity index (χ1n) is 9.48. The summed E-state index contributed by atoms with van der Waals surface area (Å²) < 4.78 is 16.5. The number of benzene rings is 2. The van der Waals surface area contributed by atoms with Gasteiger partial charge in [-0.15, -0.1) is 0 Å². The van der Waals surface area contributed by atoms with Gasteiger partial charge in [-0.1, -0.05) is 12.1 Å². The van der Waals surface area contributed by atoms with Crippen LogP contribution < -0.4 is 14.8 Å². The number of nitrogens with one attached hydrogen (secondary N) is 1. The van der Waals surface area contributed by atoms with Crippen LogP contribution in [0.1, 0.15) is 34.9 Å². The van der Waals surface area contributed by atoms with Crippen LogP contribution in [-0.4, -0.2) is 41.8 Å². The highest BCUT2D eigenvalue weighted by molar-refractivity contribution is 6.01. The highest BCUT2D eigenvalue weighted by atomic mass is 16.7.